The van der Waals surface area contributed by atoms with Crippen LogP contribution in [0.25, 0.3) is 0 Å². The van der Waals surface area contributed by atoms with Gasteiger partial charge in [0.25, 0.3) is 5.92 Å². The first kappa shape index (κ1) is 12.1. The van der Waals surface area contributed by atoms with Crippen molar-refractivity contribution in [3.8, 4) is 11.5 Å². The maximum Gasteiger partial charge on any atom is 0.278 e. The zero-order valence-corrected chi connectivity index (χ0v) is 10.2. The van der Waals surface area contributed by atoms with Gasteiger partial charge in [-0.3, -0.25) is 0 Å². The summed E-state index contributed by atoms with van der Waals surface area (Å²) in [5, 5.41) is 0. The van der Waals surface area contributed by atoms with E-state index >= 15 is 0 Å². The standard InChI is InChI=1S/C13H16F2O2/c1-4-12(2,3)13(14,15)9-5-6-10-11(7-9)17-8-16-10/h5-7H,4,8H2,1-3H3. The van der Waals surface area contributed by atoms with Crippen LogP contribution in [-0.4, -0.2) is 6.79 Å². The molecule has 1 aromatic rings. The molecule has 2 rings (SSSR count). The van der Waals surface area contributed by atoms with Crippen molar-refractivity contribution in [1.82, 2.24) is 0 Å². The van der Waals surface area contributed by atoms with Crippen molar-refractivity contribution >= 4 is 0 Å². The summed E-state index contributed by atoms with van der Waals surface area (Å²) in [5.41, 5.74) is -1.10. The summed E-state index contributed by atoms with van der Waals surface area (Å²) in [6.45, 7) is 5.00. The lowest BCUT2D eigenvalue weighted by Crippen LogP contribution is -2.33. The summed E-state index contributed by atoms with van der Waals surface area (Å²) in [7, 11) is 0. The van der Waals surface area contributed by atoms with Crippen molar-refractivity contribution in [2.45, 2.75) is 33.1 Å². The Balaban J connectivity index is 2.40. The quantitative estimate of drug-likeness (QED) is 0.799. The maximum absolute atomic E-state index is 14.3. The number of alkyl halides is 2. The van der Waals surface area contributed by atoms with Crippen molar-refractivity contribution in [2.24, 2.45) is 5.41 Å². The third kappa shape index (κ3) is 1.85. The molecular weight excluding hydrogens is 226 g/mol. The van der Waals surface area contributed by atoms with Crippen LogP contribution in [0.1, 0.15) is 32.8 Å². The number of benzene rings is 1. The minimum atomic E-state index is -2.89. The van der Waals surface area contributed by atoms with Crippen molar-refractivity contribution < 1.29 is 18.3 Å². The number of hydrogen-bond acceptors (Lipinski definition) is 2. The molecule has 4 heteroatoms. The van der Waals surface area contributed by atoms with Gasteiger partial charge >= 0.3 is 0 Å². The van der Waals surface area contributed by atoms with Crippen molar-refractivity contribution in [1.29, 1.82) is 0 Å². The molecule has 0 atom stereocenters. The predicted molar refractivity (Wildman–Crippen MR) is 60.5 cm³/mol. The van der Waals surface area contributed by atoms with E-state index in [-0.39, 0.29) is 12.4 Å². The Morgan fingerprint density at radius 2 is 1.82 bits per heavy atom. The summed E-state index contributed by atoms with van der Waals surface area (Å²) >= 11 is 0. The highest BCUT2D eigenvalue weighted by Gasteiger charge is 2.47. The molecule has 17 heavy (non-hydrogen) atoms. The van der Waals surface area contributed by atoms with Crippen LogP contribution in [0.15, 0.2) is 18.2 Å². The Morgan fingerprint density at radius 3 is 2.47 bits per heavy atom. The van der Waals surface area contributed by atoms with Crippen molar-refractivity contribution in [3.63, 3.8) is 0 Å². The first-order chi connectivity index (χ1) is 7.88. The molecule has 0 aliphatic carbocycles. The van der Waals surface area contributed by atoms with Gasteiger partial charge in [-0.1, -0.05) is 20.8 Å². The monoisotopic (exact) mass is 242 g/mol. The van der Waals surface area contributed by atoms with E-state index in [1.807, 2.05) is 0 Å². The SMILES string of the molecule is CCC(C)(C)C(F)(F)c1ccc2c(c1)OCO2. The lowest BCUT2D eigenvalue weighted by molar-refractivity contribution is -0.115. The van der Waals surface area contributed by atoms with Gasteiger partial charge in [-0.2, -0.15) is 0 Å². The van der Waals surface area contributed by atoms with E-state index in [9.17, 15) is 8.78 Å². The van der Waals surface area contributed by atoms with Crippen LogP contribution in [0.4, 0.5) is 8.78 Å². The fourth-order valence-electron chi connectivity index (χ4n) is 1.70. The van der Waals surface area contributed by atoms with Gasteiger partial charge < -0.3 is 9.47 Å². The van der Waals surface area contributed by atoms with Crippen LogP contribution in [0.3, 0.4) is 0 Å². The first-order valence-electron chi connectivity index (χ1n) is 5.66. The van der Waals surface area contributed by atoms with Gasteiger partial charge in [0, 0.05) is 11.0 Å². The summed E-state index contributed by atoms with van der Waals surface area (Å²) in [6.07, 6.45) is 0.397. The van der Waals surface area contributed by atoms with Crippen LogP contribution in [-0.2, 0) is 5.92 Å². The molecule has 0 radical (unpaired) electrons. The number of halogens is 2. The molecule has 1 aliphatic heterocycles. The fourth-order valence-corrected chi connectivity index (χ4v) is 1.70. The average molecular weight is 242 g/mol. The highest BCUT2D eigenvalue weighted by molar-refractivity contribution is 5.45. The summed E-state index contributed by atoms with van der Waals surface area (Å²) in [4.78, 5) is 0. The van der Waals surface area contributed by atoms with E-state index in [0.29, 0.717) is 17.9 Å². The summed E-state index contributed by atoms with van der Waals surface area (Å²) in [5.74, 6) is -1.96. The minimum Gasteiger partial charge on any atom is -0.454 e. The van der Waals surface area contributed by atoms with Crippen LogP contribution < -0.4 is 9.47 Å². The van der Waals surface area contributed by atoms with E-state index in [4.69, 9.17) is 9.47 Å². The van der Waals surface area contributed by atoms with Crippen molar-refractivity contribution in [2.75, 3.05) is 6.79 Å². The number of hydrogen-bond donors (Lipinski definition) is 0. The molecule has 0 saturated heterocycles. The minimum absolute atomic E-state index is 0.0198. The van der Waals surface area contributed by atoms with Gasteiger partial charge in [0.05, 0.1) is 0 Å². The fraction of sp³-hybridized carbons (Fsp3) is 0.538. The molecule has 1 aromatic carbocycles. The molecule has 0 aromatic heterocycles. The first-order valence-corrected chi connectivity index (χ1v) is 5.66. The molecule has 0 bridgehead atoms. The molecule has 0 spiro atoms. The summed E-state index contributed by atoms with van der Waals surface area (Å²) in [6, 6.07) is 4.32. The van der Waals surface area contributed by atoms with Gasteiger partial charge in [-0.05, 0) is 24.6 Å². The second-order valence-corrected chi connectivity index (χ2v) is 4.88. The lowest BCUT2D eigenvalue weighted by Gasteiger charge is -2.33. The zero-order chi connectivity index (χ0) is 12.7. The highest BCUT2D eigenvalue weighted by Crippen LogP contribution is 2.48. The van der Waals surface area contributed by atoms with Gasteiger partial charge in [0.1, 0.15) is 0 Å². The number of ether oxygens (including phenoxy) is 2. The largest absolute Gasteiger partial charge is 0.454 e. The third-order valence-electron chi connectivity index (χ3n) is 3.47. The Bertz CT molecular complexity index is 427. The van der Waals surface area contributed by atoms with E-state index in [2.05, 4.69) is 0 Å². The zero-order valence-electron chi connectivity index (χ0n) is 10.2. The molecule has 0 saturated carbocycles. The number of fused-ring (bicyclic) bond motifs is 1. The van der Waals surface area contributed by atoms with E-state index in [1.54, 1.807) is 20.8 Å². The predicted octanol–water partition coefficient (Wildman–Crippen LogP) is 3.94. The van der Waals surface area contributed by atoms with Crippen LogP contribution >= 0.6 is 0 Å². The molecule has 0 amide bonds. The number of rotatable bonds is 3. The second-order valence-electron chi connectivity index (χ2n) is 4.88. The molecule has 1 aliphatic rings. The van der Waals surface area contributed by atoms with Crippen LogP contribution in [0.2, 0.25) is 0 Å². The van der Waals surface area contributed by atoms with Gasteiger partial charge in [0.15, 0.2) is 11.5 Å². The third-order valence-corrected chi connectivity index (χ3v) is 3.47. The molecule has 0 N–H and O–H groups in total. The molecule has 0 unspecified atom stereocenters. The Kier molecular flexibility index (Phi) is 2.76. The van der Waals surface area contributed by atoms with Gasteiger partial charge in [-0.25, -0.2) is 8.78 Å². The topological polar surface area (TPSA) is 18.5 Å². The molecule has 0 fully saturated rings. The highest BCUT2D eigenvalue weighted by atomic mass is 19.3. The normalized spacial score (nSPS) is 15.1. The molecule has 94 valence electrons. The van der Waals surface area contributed by atoms with Gasteiger partial charge in [-0.15, -0.1) is 0 Å². The van der Waals surface area contributed by atoms with Crippen LogP contribution in [0.5, 0.6) is 11.5 Å². The Hall–Kier alpha value is -1.32. The summed E-state index contributed by atoms with van der Waals surface area (Å²) < 4.78 is 38.8. The maximum atomic E-state index is 14.3. The molecule has 1 heterocycles. The van der Waals surface area contributed by atoms with Crippen molar-refractivity contribution in [3.05, 3.63) is 23.8 Å². The average Bonchev–Trinajstić information content (AvgIpc) is 2.75. The Morgan fingerprint density at radius 1 is 1.18 bits per heavy atom. The lowest BCUT2D eigenvalue weighted by atomic mass is 9.79. The van der Waals surface area contributed by atoms with E-state index in [1.165, 1.54) is 18.2 Å². The second kappa shape index (κ2) is 3.86. The van der Waals surface area contributed by atoms with E-state index < -0.39 is 11.3 Å². The van der Waals surface area contributed by atoms with E-state index in [0.717, 1.165) is 0 Å². The molecular formula is C13H16F2O2. The van der Waals surface area contributed by atoms with Gasteiger partial charge in [0.2, 0.25) is 6.79 Å². The Labute approximate surface area is 99.5 Å². The smallest absolute Gasteiger partial charge is 0.278 e. The molecule has 2 nitrogen and oxygen atoms in total. The van der Waals surface area contributed by atoms with Crippen LogP contribution in [0, 0.1) is 5.41 Å².